The van der Waals surface area contributed by atoms with Crippen molar-refractivity contribution in [2.45, 2.75) is 20.4 Å². The van der Waals surface area contributed by atoms with Gasteiger partial charge in [-0.05, 0) is 53.7 Å². The Balaban J connectivity index is 2.61. The molecule has 0 bridgehead atoms. The third-order valence-corrected chi connectivity index (χ3v) is 2.74. The molecule has 4 nitrogen and oxygen atoms in total. The van der Waals surface area contributed by atoms with Crippen LogP contribution in [0, 0.1) is 18.6 Å². The highest BCUT2D eigenvalue weighted by Gasteiger charge is 2.14. The Hall–Kier alpha value is -1.63. The highest BCUT2D eigenvalue weighted by Crippen LogP contribution is 2.16. The molecule has 7 heteroatoms. The van der Waals surface area contributed by atoms with Crippen LogP contribution in [0.1, 0.15) is 17.7 Å². The number of hydrogen-bond donors (Lipinski definition) is 0. The van der Waals surface area contributed by atoms with Gasteiger partial charge in [0.15, 0.2) is 0 Å². The molecular formula is C10H10F2N4S. The fourth-order valence-electron chi connectivity index (χ4n) is 1.48. The largest absolute Gasteiger partial charge is 0.337 e. The Morgan fingerprint density at radius 1 is 1.24 bits per heavy atom. The summed E-state index contributed by atoms with van der Waals surface area (Å²) in [7, 11) is 0. The van der Waals surface area contributed by atoms with Crippen LogP contribution in [0.25, 0.3) is 5.69 Å². The van der Waals surface area contributed by atoms with Gasteiger partial charge in [0.2, 0.25) is 4.77 Å². The molecule has 0 amide bonds. The quantitative estimate of drug-likeness (QED) is 0.775. The van der Waals surface area contributed by atoms with Crippen LogP contribution in [0.2, 0.25) is 0 Å². The van der Waals surface area contributed by atoms with Gasteiger partial charge in [0.05, 0.1) is 5.69 Å². The van der Waals surface area contributed by atoms with E-state index in [1.165, 1.54) is 4.68 Å². The van der Waals surface area contributed by atoms with Gasteiger partial charge >= 0.3 is 6.55 Å². The van der Waals surface area contributed by atoms with Crippen molar-refractivity contribution in [2.75, 3.05) is 0 Å². The monoisotopic (exact) mass is 256 g/mol. The van der Waals surface area contributed by atoms with E-state index >= 15 is 0 Å². The maximum absolute atomic E-state index is 12.5. The zero-order chi connectivity index (χ0) is 12.6. The van der Waals surface area contributed by atoms with Crippen molar-refractivity contribution in [3.63, 3.8) is 0 Å². The molecule has 0 radical (unpaired) electrons. The lowest BCUT2D eigenvalue weighted by atomic mass is 10.1. The molecule has 0 spiro atoms. The number of aryl methyl sites for hydroxylation is 2. The number of hydrogen-bond acceptors (Lipinski definition) is 3. The number of alkyl halides is 2. The van der Waals surface area contributed by atoms with Gasteiger partial charge in [-0.25, -0.2) is 0 Å². The van der Waals surface area contributed by atoms with Gasteiger partial charge in [0.1, 0.15) is 0 Å². The highest BCUT2D eigenvalue weighted by molar-refractivity contribution is 7.71. The zero-order valence-electron chi connectivity index (χ0n) is 9.26. The minimum Gasteiger partial charge on any atom is -0.185 e. The van der Waals surface area contributed by atoms with Crippen molar-refractivity contribution < 1.29 is 8.78 Å². The Bertz CT molecular complexity index is 603. The van der Waals surface area contributed by atoms with Gasteiger partial charge in [-0.1, -0.05) is 12.1 Å². The summed E-state index contributed by atoms with van der Waals surface area (Å²) in [5, 5.41) is 6.99. The van der Waals surface area contributed by atoms with Gasteiger partial charge in [0.25, 0.3) is 0 Å². The summed E-state index contributed by atoms with van der Waals surface area (Å²) >= 11 is 4.91. The average Bonchev–Trinajstić information content (AvgIpc) is 2.64. The standard InChI is InChI=1S/C10H10F2N4S/c1-6-3-4-7(2)8(5-6)15-10(17)16(9(11)12)14-13-15/h3-5,9H,1-2H3. The SMILES string of the molecule is Cc1ccc(C)c(-n2nnn(C(F)F)c2=S)c1. The summed E-state index contributed by atoms with van der Waals surface area (Å²) in [6, 6.07) is 5.64. The second kappa shape index (κ2) is 4.33. The maximum atomic E-state index is 12.5. The summed E-state index contributed by atoms with van der Waals surface area (Å²) in [5.74, 6) is 0. The predicted octanol–water partition coefficient (Wildman–Crippen LogP) is 2.81. The number of benzene rings is 1. The maximum Gasteiger partial charge on any atom is 0.337 e. The Labute approximate surface area is 101 Å². The van der Waals surface area contributed by atoms with E-state index in [0.29, 0.717) is 10.4 Å². The van der Waals surface area contributed by atoms with Crippen molar-refractivity contribution in [3.05, 3.63) is 34.1 Å². The number of aromatic nitrogens is 4. The first-order chi connectivity index (χ1) is 8.00. The Morgan fingerprint density at radius 2 is 1.94 bits per heavy atom. The Morgan fingerprint density at radius 3 is 2.53 bits per heavy atom. The third kappa shape index (κ3) is 2.10. The molecule has 0 saturated carbocycles. The second-order valence-corrected chi connectivity index (χ2v) is 4.05. The Kier molecular flexibility index (Phi) is 3.01. The first-order valence-electron chi connectivity index (χ1n) is 4.91. The first-order valence-corrected chi connectivity index (χ1v) is 5.32. The van der Waals surface area contributed by atoms with Crippen LogP contribution < -0.4 is 0 Å². The molecule has 90 valence electrons. The van der Waals surface area contributed by atoms with E-state index in [4.69, 9.17) is 12.2 Å². The van der Waals surface area contributed by atoms with E-state index in [2.05, 4.69) is 10.4 Å². The molecule has 1 heterocycles. The van der Waals surface area contributed by atoms with Crippen molar-refractivity contribution in [1.82, 2.24) is 19.8 Å². The van der Waals surface area contributed by atoms with Crippen LogP contribution >= 0.6 is 12.2 Å². The normalized spacial score (nSPS) is 11.1. The number of tetrazole rings is 1. The molecule has 0 saturated heterocycles. The summed E-state index contributed by atoms with van der Waals surface area (Å²) in [6.07, 6.45) is 0. The van der Waals surface area contributed by atoms with Gasteiger partial charge in [-0.3, -0.25) is 0 Å². The number of rotatable bonds is 2. The van der Waals surface area contributed by atoms with Crippen LogP contribution in [0.4, 0.5) is 8.78 Å². The molecule has 17 heavy (non-hydrogen) atoms. The van der Waals surface area contributed by atoms with E-state index in [1.807, 2.05) is 32.0 Å². The number of nitrogens with zero attached hydrogens (tertiary/aromatic N) is 4. The van der Waals surface area contributed by atoms with E-state index in [0.717, 1.165) is 11.1 Å². The molecule has 0 N–H and O–H groups in total. The third-order valence-electron chi connectivity index (χ3n) is 2.38. The summed E-state index contributed by atoms with van der Waals surface area (Å²) in [5.41, 5.74) is 2.56. The first kappa shape index (κ1) is 11.8. The molecule has 0 aliphatic heterocycles. The van der Waals surface area contributed by atoms with E-state index < -0.39 is 6.55 Å². The second-order valence-electron chi connectivity index (χ2n) is 3.69. The van der Waals surface area contributed by atoms with Gasteiger partial charge < -0.3 is 0 Å². The van der Waals surface area contributed by atoms with Crippen LogP contribution in [-0.2, 0) is 0 Å². The van der Waals surface area contributed by atoms with Crippen LogP contribution in [-0.4, -0.2) is 19.8 Å². The van der Waals surface area contributed by atoms with Crippen molar-refractivity contribution in [2.24, 2.45) is 0 Å². The van der Waals surface area contributed by atoms with Gasteiger partial charge in [-0.15, -0.1) is 0 Å². The van der Waals surface area contributed by atoms with E-state index in [9.17, 15) is 8.78 Å². The zero-order valence-corrected chi connectivity index (χ0v) is 10.1. The molecule has 0 aliphatic carbocycles. The molecule has 2 rings (SSSR count). The number of halogens is 2. The van der Waals surface area contributed by atoms with Crippen LogP contribution in [0.15, 0.2) is 18.2 Å². The van der Waals surface area contributed by atoms with E-state index in [-0.39, 0.29) is 4.77 Å². The lowest BCUT2D eigenvalue weighted by Gasteiger charge is -2.05. The fourth-order valence-corrected chi connectivity index (χ4v) is 1.73. The molecule has 1 aromatic carbocycles. The van der Waals surface area contributed by atoms with Crippen molar-refractivity contribution in [3.8, 4) is 5.69 Å². The molecular weight excluding hydrogens is 246 g/mol. The molecule has 0 aliphatic rings. The molecule has 2 aromatic rings. The average molecular weight is 256 g/mol. The summed E-state index contributed by atoms with van der Waals surface area (Å²) < 4.78 is 26.6. The van der Waals surface area contributed by atoms with Crippen LogP contribution in [0.5, 0.6) is 0 Å². The van der Waals surface area contributed by atoms with Crippen molar-refractivity contribution >= 4 is 12.2 Å². The van der Waals surface area contributed by atoms with Crippen LogP contribution in [0.3, 0.4) is 0 Å². The van der Waals surface area contributed by atoms with E-state index in [1.54, 1.807) is 0 Å². The smallest absolute Gasteiger partial charge is 0.185 e. The fraction of sp³-hybridized carbons (Fsp3) is 0.300. The molecule has 0 atom stereocenters. The lowest BCUT2D eigenvalue weighted by Crippen LogP contribution is -2.03. The molecule has 0 fully saturated rings. The molecule has 1 aromatic heterocycles. The summed E-state index contributed by atoms with van der Waals surface area (Å²) in [4.78, 5) is 0. The minimum atomic E-state index is -2.78. The van der Waals surface area contributed by atoms with Crippen molar-refractivity contribution in [1.29, 1.82) is 0 Å². The molecule has 0 unspecified atom stereocenters. The highest BCUT2D eigenvalue weighted by atomic mass is 32.1. The predicted molar refractivity (Wildman–Crippen MR) is 60.9 cm³/mol. The lowest BCUT2D eigenvalue weighted by molar-refractivity contribution is 0.0529. The topological polar surface area (TPSA) is 35.6 Å². The summed E-state index contributed by atoms with van der Waals surface area (Å²) in [6.45, 7) is 0.989. The minimum absolute atomic E-state index is 0.117. The van der Waals surface area contributed by atoms with Gasteiger partial charge in [0, 0.05) is 0 Å². The van der Waals surface area contributed by atoms with Gasteiger partial charge in [-0.2, -0.15) is 18.1 Å².